The largest absolute Gasteiger partial charge is 0.480 e. The second-order valence-corrected chi connectivity index (χ2v) is 6.06. The number of urea groups is 1. The molecule has 1 unspecified atom stereocenters. The number of aliphatic carboxylic acids is 1. The molecule has 2 rings (SSSR count). The van der Waals surface area contributed by atoms with E-state index in [-0.39, 0.29) is 11.9 Å². The third-order valence-corrected chi connectivity index (χ3v) is 4.56. The van der Waals surface area contributed by atoms with Gasteiger partial charge in [-0.05, 0) is 31.6 Å². The van der Waals surface area contributed by atoms with Gasteiger partial charge in [-0.25, -0.2) is 9.59 Å². The van der Waals surface area contributed by atoms with E-state index in [1.165, 1.54) is 6.42 Å². The Morgan fingerprint density at radius 3 is 2.05 bits per heavy atom. The van der Waals surface area contributed by atoms with Crippen LogP contribution in [0, 0.1) is 5.92 Å². The monoisotopic (exact) mass is 282 g/mol. The van der Waals surface area contributed by atoms with Crippen molar-refractivity contribution in [1.82, 2.24) is 10.2 Å². The summed E-state index contributed by atoms with van der Waals surface area (Å²) in [4.78, 5) is 25.5. The van der Waals surface area contributed by atoms with Crippen LogP contribution in [0.4, 0.5) is 4.79 Å². The fourth-order valence-electron chi connectivity index (χ4n) is 3.35. The molecule has 1 saturated heterocycles. The minimum Gasteiger partial charge on any atom is -0.480 e. The Morgan fingerprint density at radius 1 is 0.950 bits per heavy atom. The molecule has 0 aromatic carbocycles. The van der Waals surface area contributed by atoms with Gasteiger partial charge in [-0.15, -0.1) is 0 Å². The van der Waals surface area contributed by atoms with Crippen molar-refractivity contribution in [3.8, 4) is 0 Å². The smallest absolute Gasteiger partial charge is 0.326 e. The molecule has 1 aliphatic carbocycles. The van der Waals surface area contributed by atoms with E-state index in [0.29, 0.717) is 0 Å². The highest BCUT2D eigenvalue weighted by atomic mass is 16.4. The zero-order valence-corrected chi connectivity index (χ0v) is 12.1. The van der Waals surface area contributed by atoms with Gasteiger partial charge in [-0.1, -0.05) is 32.1 Å². The number of hydrogen-bond acceptors (Lipinski definition) is 2. The molecule has 5 heteroatoms. The predicted octanol–water partition coefficient (Wildman–Crippen LogP) is 2.61. The highest BCUT2D eigenvalue weighted by Crippen LogP contribution is 2.26. The lowest BCUT2D eigenvalue weighted by Crippen LogP contribution is -2.51. The molecule has 0 aromatic heterocycles. The van der Waals surface area contributed by atoms with Crippen LogP contribution in [0.3, 0.4) is 0 Å². The summed E-state index contributed by atoms with van der Waals surface area (Å²) in [6.45, 7) is 1.51. The van der Waals surface area contributed by atoms with Crippen LogP contribution < -0.4 is 5.32 Å². The maximum atomic E-state index is 12.3. The molecule has 1 heterocycles. The summed E-state index contributed by atoms with van der Waals surface area (Å²) in [6, 6.07) is -0.907. The number of carbonyl (C=O) groups excluding carboxylic acids is 1. The fraction of sp³-hybridized carbons (Fsp3) is 0.867. The fourth-order valence-corrected chi connectivity index (χ4v) is 3.35. The SMILES string of the molecule is O=C(O)C(NC(=O)N1CCCCCC1)C1CCCCC1. The maximum absolute atomic E-state index is 12.3. The Hall–Kier alpha value is -1.26. The van der Waals surface area contributed by atoms with Crippen LogP contribution >= 0.6 is 0 Å². The quantitative estimate of drug-likeness (QED) is 0.836. The average Bonchev–Trinajstić information content (AvgIpc) is 2.74. The van der Waals surface area contributed by atoms with Crippen LogP contribution in [0.15, 0.2) is 0 Å². The zero-order chi connectivity index (χ0) is 14.4. The summed E-state index contributed by atoms with van der Waals surface area (Å²) in [5.74, 6) is -0.794. The first-order valence-electron chi connectivity index (χ1n) is 7.97. The predicted molar refractivity (Wildman–Crippen MR) is 76.6 cm³/mol. The van der Waals surface area contributed by atoms with Gasteiger partial charge in [0.05, 0.1) is 0 Å². The number of likely N-dealkylation sites (tertiary alicyclic amines) is 1. The molecular formula is C15H26N2O3. The normalized spacial score (nSPS) is 22.9. The molecule has 2 N–H and O–H groups in total. The highest BCUT2D eigenvalue weighted by Gasteiger charge is 2.31. The van der Waals surface area contributed by atoms with Crippen molar-refractivity contribution in [2.75, 3.05) is 13.1 Å². The van der Waals surface area contributed by atoms with Gasteiger partial charge >= 0.3 is 12.0 Å². The zero-order valence-electron chi connectivity index (χ0n) is 12.1. The first kappa shape index (κ1) is 15.1. The van der Waals surface area contributed by atoms with E-state index in [0.717, 1.165) is 64.5 Å². The Kier molecular flexibility index (Phi) is 5.68. The number of amides is 2. The molecule has 114 valence electrons. The van der Waals surface area contributed by atoms with E-state index in [4.69, 9.17) is 0 Å². The second-order valence-electron chi connectivity index (χ2n) is 6.06. The standard InChI is InChI=1S/C15H26N2O3/c18-14(19)13(12-8-4-3-5-9-12)16-15(20)17-10-6-1-2-7-11-17/h12-13H,1-11H2,(H,16,20)(H,18,19). The van der Waals surface area contributed by atoms with Gasteiger partial charge in [0, 0.05) is 13.1 Å². The molecule has 1 saturated carbocycles. The van der Waals surface area contributed by atoms with Gasteiger partial charge in [-0.3, -0.25) is 0 Å². The summed E-state index contributed by atoms with van der Waals surface area (Å²) in [5, 5.41) is 12.2. The van der Waals surface area contributed by atoms with Gasteiger partial charge < -0.3 is 15.3 Å². The second kappa shape index (κ2) is 7.50. The third kappa shape index (κ3) is 4.12. The van der Waals surface area contributed by atoms with Crippen LogP contribution in [0.5, 0.6) is 0 Å². The van der Waals surface area contributed by atoms with E-state index in [9.17, 15) is 14.7 Å². The van der Waals surface area contributed by atoms with Gasteiger partial charge in [0.25, 0.3) is 0 Å². The Balaban J connectivity index is 1.92. The molecule has 0 aromatic rings. The van der Waals surface area contributed by atoms with E-state index in [2.05, 4.69) is 5.32 Å². The number of carboxylic acids is 1. The molecule has 1 aliphatic heterocycles. The molecule has 2 aliphatic rings. The molecule has 20 heavy (non-hydrogen) atoms. The summed E-state index contributed by atoms with van der Waals surface area (Å²) in [5.41, 5.74) is 0. The molecule has 0 spiro atoms. The Bertz CT molecular complexity index is 332. The number of hydrogen-bond donors (Lipinski definition) is 2. The average molecular weight is 282 g/mol. The number of nitrogens with zero attached hydrogens (tertiary/aromatic N) is 1. The van der Waals surface area contributed by atoms with Crippen LogP contribution in [0.2, 0.25) is 0 Å². The van der Waals surface area contributed by atoms with E-state index in [1.54, 1.807) is 4.90 Å². The van der Waals surface area contributed by atoms with Crippen molar-refractivity contribution in [3.63, 3.8) is 0 Å². The lowest BCUT2D eigenvalue weighted by Gasteiger charge is -2.30. The van der Waals surface area contributed by atoms with Crippen LogP contribution in [-0.4, -0.2) is 41.1 Å². The van der Waals surface area contributed by atoms with Crippen molar-refractivity contribution in [1.29, 1.82) is 0 Å². The van der Waals surface area contributed by atoms with Crippen LogP contribution in [0.1, 0.15) is 57.8 Å². The summed E-state index contributed by atoms with van der Waals surface area (Å²) >= 11 is 0. The minimum atomic E-state index is -0.889. The number of nitrogens with one attached hydrogen (secondary N) is 1. The summed E-state index contributed by atoms with van der Waals surface area (Å²) in [6.07, 6.45) is 9.53. The molecule has 0 bridgehead atoms. The molecule has 2 amide bonds. The van der Waals surface area contributed by atoms with Crippen molar-refractivity contribution in [3.05, 3.63) is 0 Å². The van der Waals surface area contributed by atoms with Gasteiger partial charge in [-0.2, -0.15) is 0 Å². The van der Waals surface area contributed by atoms with E-state index < -0.39 is 12.0 Å². The number of rotatable bonds is 3. The van der Waals surface area contributed by atoms with Gasteiger partial charge in [0.2, 0.25) is 0 Å². The van der Waals surface area contributed by atoms with Crippen molar-refractivity contribution < 1.29 is 14.7 Å². The first-order valence-corrected chi connectivity index (χ1v) is 7.97. The Morgan fingerprint density at radius 2 is 1.50 bits per heavy atom. The first-order chi connectivity index (χ1) is 9.68. The van der Waals surface area contributed by atoms with Crippen molar-refractivity contribution in [2.24, 2.45) is 5.92 Å². The van der Waals surface area contributed by atoms with Crippen molar-refractivity contribution in [2.45, 2.75) is 63.8 Å². The molecule has 2 fully saturated rings. The van der Waals surface area contributed by atoms with Crippen LogP contribution in [0.25, 0.3) is 0 Å². The molecule has 0 radical (unpaired) electrons. The highest BCUT2D eigenvalue weighted by molar-refractivity contribution is 5.82. The molecular weight excluding hydrogens is 256 g/mol. The van der Waals surface area contributed by atoms with E-state index >= 15 is 0 Å². The molecule has 5 nitrogen and oxygen atoms in total. The molecule has 1 atom stereocenters. The number of carbonyl (C=O) groups is 2. The van der Waals surface area contributed by atoms with E-state index in [1.807, 2.05) is 0 Å². The summed E-state index contributed by atoms with van der Waals surface area (Å²) < 4.78 is 0. The lowest BCUT2D eigenvalue weighted by atomic mass is 9.84. The van der Waals surface area contributed by atoms with Gasteiger partial charge in [0.15, 0.2) is 0 Å². The third-order valence-electron chi connectivity index (χ3n) is 4.56. The maximum Gasteiger partial charge on any atom is 0.326 e. The minimum absolute atomic E-state index is 0.0946. The van der Waals surface area contributed by atoms with Crippen molar-refractivity contribution >= 4 is 12.0 Å². The lowest BCUT2D eigenvalue weighted by molar-refractivity contribution is -0.141. The van der Waals surface area contributed by atoms with Gasteiger partial charge in [0.1, 0.15) is 6.04 Å². The van der Waals surface area contributed by atoms with Crippen LogP contribution in [-0.2, 0) is 4.79 Å². The topological polar surface area (TPSA) is 69.6 Å². The Labute approximate surface area is 120 Å². The summed E-state index contributed by atoms with van der Waals surface area (Å²) in [7, 11) is 0. The number of carboxylic acid groups (broad SMARTS) is 1.